The van der Waals surface area contributed by atoms with Crippen molar-refractivity contribution in [2.24, 2.45) is 11.1 Å². The SMILES string of the molecule is CC(C)N1CCC(NC(=O)CN2CCC(C)(CN)C2)CC1.Cl.Cl. The van der Waals surface area contributed by atoms with Crippen LogP contribution in [0.3, 0.4) is 0 Å². The van der Waals surface area contributed by atoms with Crippen LogP contribution in [-0.4, -0.2) is 67.1 Å². The maximum Gasteiger partial charge on any atom is 0.234 e. The van der Waals surface area contributed by atoms with Crippen LogP contribution in [0, 0.1) is 5.41 Å². The smallest absolute Gasteiger partial charge is 0.234 e. The zero-order chi connectivity index (χ0) is 15.5. The number of carbonyl (C=O) groups excluding carboxylic acids is 1. The maximum atomic E-state index is 12.2. The van der Waals surface area contributed by atoms with Gasteiger partial charge in [0.25, 0.3) is 0 Å². The molecule has 1 atom stereocenters. The second-order valence-corrected chi connectivity index (χ2v) is 7.45. The molecule has 7 heteroatoms. The molecule has 0 radical (unpaired) electrons. The van der Waals surface area contributed by atoms with Gasteiger partial charge in [0.15, 0.2) is 0 Å². The van der Waals surface area contributed by atoms with E-state index in [4.69, 9.17) is 5.73 Å². The average Bonchev–Trinajstić information content (AvgIpc) is 2.81. The van der Waals surface area contributed by atoms with Gasteiger partial charge in [0.2, 0.25) is 5.91 Å². The van der Waals surface area contributed by atoms with E-state index in [2.05, 4.69) is 35.9 Å². The number of amides is 1. The lowest BCUT2D eigenvalue weighted by atomic mass is 9.90. The van der Waals surface area contributed by atoms with E-state index in [1.54, 1.807) is 0 Å². The highest BCUT2D eigenvalue weighted by molar-refractivity contribution is 5.85. The Hall–Kier alpha value is -0.0700. The van der Waals surface area contributed by atoms with Gasteiger partial charge in [-0.25, -0.2) is 0 Å². The van der Waals surface area contributed by atoms with Crippen LogP contribution in [0.4, 0.5) is 0 Å². The quantitative estimate of drug-likeness (QED) is 0.771. The summed E-state index contributed by atoms with van der Waals surface area (Å²) in [6, 6.07) is 0.969. The number of nitrogens with zero attached hydrogens (tertiary/aromatic N) is 2. The van der Waals surface area contributed by atoms with Gasteiger partial charge in [0.05, 0.1) is 6.54 Å². The number of nitrogens with one attached hydrogen (secondary N) is 1. The maximum absolute atomic E-state index is 12.2. The molecule has 5 nitrogen and oxygen atoms in total. The molecule has 3 N–H and O–H groups in total. The van der Waals surface area contributed by atoms with Crippen molar-refractivity contribution in [1.82, 2.24) is 15.1 Å². The first kappa shape index (κ1) is 22.9. The predicted octanol–water partition coefficient (Wildman–Crippen LogP) is 1.49. The van der Waals surface area contributed by atoms with Crippen LogP contribution in [0.15, 0.2) is 0 Å². The third-order valence-corrected chi connectivity index (χ3v) is 5.12. The molecular formula is C16H34Cl2N4O. The number of halogens is 2. The molecule has 0 aromatic carbocycles. The topological polar surface area (TPSA) is 61.6 Å². The summed E-state index contributed by atoms with van der Waals surface area (Å²) >= 11 is 0. The van der Waals surface area contributed by atoms with Crippen LogP contribution in [0.2, 0.25) is 0 Å². The van der Waals surface area contributed by atoms with Crippen LogP contribution in [0.5, 0.6) is 0 Å². The zero-order valence-corrected chi connectivity index (χ0v) is 16.3. The molecule has 0 bridgehead atoms. The zero-order valence-electron chi connectivity index (χ0n) is 14.7. The van der Waals surface area contributed by atoms with Crippen LogP contribution < -0.4 is 11.1 Å². The van der Waals surface area contributed by atoms with Gasteiger partial charge in [-0.3, -0.25) is 9.69 Å². The Balaban J connectivity index is 0.00000242. The summed E-state index contributed by atoms with van der Waals surface area (Å²) in [6.07, 6.45) is 3.25. The highest BCUT2D eigenvalue weighted by atomic mass is 35.5. The lowest BCUT2D eigenvalue weighted by molar-refractivity contribution is -0.123. The first-order chi connectivity index (χ1) is 9.92. The number of carbonyl (C=O) groups is 1. The van der Waals surface area contributed by atoms with Crippen molar-refractivity contribution in [3.8, 4) is 0 Å². The van der Waals surface area contributed by atoms with E-state index in [9.17, 15) is 4.79 Å². The minimum Gasteiger partial charge on any atom is -0.352 e. The molecule has 2 fully saturated rings. The van der Waals surface area contributed by atoms with E-state index < -0.39 is 0 Å². The Labute approximate surface area is 153 Å². The van der Waals surface area contributed by atoms with Crippen molar-refractivity contribution < 1.29 is 4.79 Å². The first-order valence-electron chi connectivity index (χ1n) is 8.38. The fourth-order valence-electron chi connectivity index (χ4n) is 3.46. The second-order valence-electron chi connectivity index (χ2n) is 7.45. The molecule has 2 aliphatic heterocycles. The van der Waals surface area contributed by atoms with Gasteiger partial charge in [0, 0.05) is 31.7 Å². The fourth-order valence-corrected chi connectivity index (χ4v) is 3.46. The second kappa shape index (κ2) is 10.0. The fraction of sp³-hybridized carbons (Fsp3) is 0.938. The largest absolute Gasteiger partial charge is 0.352 e. The number of likely N-dealkylation sites (tertiary alicyclic amines) is 2. The summed E-state index contributed by atoms with van der Waals surface area (Å²) in [6.45, 7) is 12.1. The Morgan fingerprint density at radius 2 is 1.87 bits per heavy atom. The number of piperidine rings is 1. The molecule has 1 unspecified atom stereocenters. The van der Waals surface area contributed by atoms with Gasteiger partial charge in [-0.05, 0) is 51.6 Å². The van der Waals surface area contributed by atoms with Gasteiger partial charge in [-0.15, -0.1) is 24.8 Å². The monoisotopic (exact) mass is 368 g/mol. The van der Waals surface area contributed by atoms with Crippen molar-refractivity contribution in [2.75, 3.05) is 39.3 Å². The van der Waals surface area contributed by atoms with Crippen molar-refractivity contribution in [2.45, 2.75) is 52.1 Å². The van der Waals surface area contributed by atoms with Crippen LogP contribution >= 0.6 is 24.8 Å². The molecule has 23 heavy (non-hydrogen) atoms. The lowest BCUT2D eigenvalue weighted by Crippen LogP contribution is -2.48. The molecule has 0 aromatic heterocycles. The third kappa shape index (κ3) is 6.75. The minimum absolute atomic E-state index is 0. The molecule has 0 spiro atoms. The molecule has 2 rings (SSSR count). The van der Waals surface area contributed by atoms with Gasteiger partial charge in [-0.1, -0.05) is 6.92 Å². The first-order valence-corrected chi connectivity index (χ1v) is 8.38. The molecule has 1 amide bonds. The summed E-state index contributed by atoms with van der Waals surface area (Å²) in [5, 5.41) is 3.21. The van der Waals surface area contributed by atoms with Crippen molar-refractivity contribution >= 4 is 30.7 Å². The highest BCUT2D eigenvalue weighted by Gasteiger charge is 2.33. The lowest BCUT2D eigenvalue weighted by Gasteiger charge is -2.35. The van der Waals surface area contributed by atoms with E-state index >= 15 is 0 Å². The number of rotatable bonds is 5. The molecule has 2 heterocycles. The van der Waals surface area contributed by atoms with Gasteiger partial charge >= 0.3 is 0 Å². The molecule has 0 aromatic rings. The molecule has 0 aliphatic carbocycles. The predicted molar refractivity (Wildman–Crippen MR) is 101 cm³/mol. The molecular weight excluding hydrogens is 335 g/mol. The summed E-state index contributed by atoms with van der Waals surface area (Å²) in [7, 11) is 0. The number of hydrogen-bond acceptors (Lipinski definition) is 4. The normalized spacial score (nSPS) is 26.7. The van der Waals surface area contributed by atoms with Gasteiger partial charge < -0.3 is 16.0 Å². The van der Waals surface area contributed by atoms with E-state index in [-0.39, 0.29) is 36.1 Å². The molecule has 0 saturated carbocycles. The van der Waals surface area contributed by atoms with E-state index in [0.29, 0.717) is 25.2 Å². The average molecular weight is 369 g/mol. The molecule has 2 saturated heterocycles. The van der Waals surface area contributed by atoms with E-state index in [1.165, 1.54) is 0 Å². The Morgan fingerprint density at radius 1 is 1.26 bits per heavy atom. The van der Waals surface area contributed by atoms with E-state index in [1.807, 2.05) is 0 Å². The van der Waals surface area contributed by atoms with Gasteiger partial charge in [-0.2, -0.15) is 0 Å². The molecule has 138 valence electrons. The van der Waals surface area contributed by atoms with Crippen molar-refractivity contribution in [3.05, 3.63) is 0 Å². The van der Waals surface area contributed by atoms with Gasteiger partial charge in [0.1, 0.15) is 0 Å². The summed E-state index contributed by atoms with van der Waals surface area (Å²) in [4.78, 5) is 16.9. The Morgan fingerprint density at radius 3 is 2.35 bits per heavy atom. The minimum atomic E-state index is 0. The number of nitrogens with two attached hydrogens (primary N) is 1. The van der Waals surface area contributed by atoms with E-state index in [0.717, 1.165) is 45.4 Å². The molecule has 2 aliphatic rings. The highest BCUT2D eigenvalue weighted by Crippen LogP contribution is 2.28. The third-order valence-electron chi connectivity index (χ3n) is 5.12. The van der Waals surface area contributed by atoms with Crippen LogP contribution in [0.1, 0.15) is 40.0 Å². The van der Waals surface area contributed by atoms with Crippen LogP contribution in [-0.2, 0) is 4.79 Å². The van der Waals surface area contributed by atoms with Crippen molar-refractivity contribution in [1.29, 1.82) is 0 Å². The Kier molecular flexibility index (Phi) is 10.0. The summed E-state index contributed by atoms with van der Waals surface area (Å²) < 4.78 is 0. The number of hydrogen-bond donors (Lipinski definition) is 2. The standard InChI is InChI=1S/C16H32N4O.2ClH/c1-13(2)20-7-4-14(5-8-20)18-15(21)10-19-9-6-16(3,11-17)12-19;;/h13-14H,4-12,17H2,1-3H3,(H,18,21);2*1H. The van der Waals surface area contributed by atoms with Crippen LogP contribution in [0.25, 0.3) is 0 Å². The van der Waals surface area contributed by atoms with Crippen molar-refractivity contribution in [3.63, 3.8) is 0 Å². The summed E-state index contributed by atoms with van der Waals surface area (Å²) in [5.74, 6) is 0.180. The summed E-state index contributed by atoms with van der Waals surface area (Å²) in [5.41, 5.74) is 6.01. The Bertz CT molecular complexity index is 362.